The quantitative estimate of drug-likeness (QED) is 0.225. The second-order valence-electron chi connectivity index (χ2n) is 5.45. The van der Waals surface area contributed by atoms with Crippen LogP contribution in [0.4, 0.5) is 0 Å². The fraction of sp³-hybridized carbons (Fsp3) is 0.750. The lowest BCUT2D eigenvalue weighted by Gasteiger charge is -2.23. The first-order valence-electron chi connectivity index (χ1n) is 6.43. The van der Waals surface area contributed by atoms with E-state index in [1.54, 1.807) is 6.33 Å². The summed E-state index contributed by atoms with van der Waals surface area (Å²) in [5, 5.41) is 23.1. The Balaban J connectivity index is 2.34. The summed E-state index contributed by atoms with van der Waals surface area (Å²) in [6, 6.07) is 0.152. The van der Waals surface area contributed by atoms with Gasteiger partial charge in [0.15, 0.2) is 0 Å². The van der Waals surface area contributed by atoms with E-state index in [9.17, 15) is 0 Å². The molecule has 1 aromatic rings. The predicted molar refractivity (Wildman–Crippen MR) is 73.8 cm³/mol. The Morgan fingerprint density at radius 3 is 2.84 bits per heavy atom. The van der Waals surface area contributed by atoms with Crippen molar-refractivity contribution in [2.24, 2.45) is 23.4 Å². The first kappa shape index (κ1) is 15.4. The molecule has 7 heteroatoms. The minimum atomic E-state index is -0.287. The topological polar surface area (TPSA) is 101 Å². The number of nitrogens with two attached hydrogens (primary N) is 1. The Hall–Kier alpha value is -1.63. The lowest BCUT2D eigenvalue weighted by Crippen LogP contribution is -2.33. The average molecular weight is 268 g/mol. The summed E-state index contributed by atoms with van der Waals surface area (Å²) in [7, 11) is 1.93. The molecule has 4 N–H and O–H groups in total. The third-order valence-corrected chi connectivity index (χ3v) is 3.36. The summed E-state index contributed by atoms with van der Waals surface area (Å²) < 4.78 is 1.90. The van der Waals surface area contributed by atoms with E-state index < -0.39 is 0 Å². The molecule has 0 aliphatic rings. The van der Waals surface area contributed by atoms with E-state index in [1.807, 2.05) is 25.5 Å². The fourth-order valence-corrected chi connectivity index (χ4v) is 1.89. The van der Waals surface area contributed by atoms with E-state index in [4.69, 9.17) is 10.9 Å². The largest absolute Gasteiger partial charge is 0.409 e. The first-order chi connectivity index (χ1) is 8.88. The van der Waals surface area contributed by atoms with Crippen molar-refractivity contribution in [1.82, 2.24) is 20.1 Å². The molecular formula is C12H24N6O. The van der Waals surface area contributed by atoms with Crippen LogP contribution < -0.4 is 11.1 Å². The maximum atomic E-state index is 8.70. The van der Waals surface area contributed by atoms with Crippen molar-refractivity contribution in [2.45, 2.75) is 39.7 Å². The van der Waals surface area contributed by atoms with E-state index in [-0.39, 0.29) is 17.3 Å². The van der Waals surface area contributed by atoms with E-state index >= 15 is 0 Å². The van der Waals surface area contributed by atoms with Crippen LogP contribution in [0, 0.1) is 5.41 Å². The van der Waals surface area contributed by atoms with Crippen molar-refractivity contribution in [3.63, 3.8) is 0 Å². The number of amidine groups is 1. The molecule has 0 amide bonds. The highest BCUT2D eigenvalue weighted by molar-refractivity contribution is 5.85. The molecule has 0 saturated carbocycles. The molecule has 0 fully saturated rings. The van der Waals surface area contributed by atoms with E-state index in [1.165, 1.54) is 0 Å². The van der Waals surface area contributed by atoms with Crippen LogP contribution in [0.15, 0.2) is 11.5 Å². The van der Waals surface area contributed by atoms with Gasteiger partial charge in [0.2, 0.25) is 0 Å². The zero-order valence-corrected chi connectivity index (χ0v) is 12.1. The first-order valence-corrected chi connectivity index (χ1v) is 6.43. The van der Waals surface area contributed by atoms with Crippen molar-refractivity contribution in [1.29, 1.82) is 0 Å². The predicted octanol–water partition coefficient (Wildman–Crippen LogP) is 1.02. The summed E-state index contributed by atoms with van der Waals surface area (Å²) >= 11 is 0. The molecule has 0 saturated heterocycles. The molecule has 1 unspecified atom stereocenters. The van der Waals surface area contributed by atoms with E-state index in [0.717, 1.165) is 25.2 Å². The van der Waals surface area contributed by atoms with Crippen LogP contribution >= 0.6 is 0 Å². The highest BCUT2D eigenvalue weighted by Gasteiger charge is 2.23. The molecule has 1 aromatic heterocycles. The van der Waals surface area contributed by atoms with Gasteiger partial charge >= 0.3 is 0 Å². The molecule has 19 heavy (non-hydrogen) atoms. The molecule has 1 atom stereocenters. The summed E-state index contributed by atoms with van der Waals surface area (Å²) in [6.45, 7) is 6.83. The fourth-order valence-electron chi connectivity index (χ4n) is 1.89. The Labute approximate surface area is 113 Å². The van der Waals surface area contributed by atoms with Gasteiger partial charge in [-0.15, -0.1) is 10.2 Å². The monoisotopic (exact) mass is 268 g/mol. The van der Waals surface area contributed by atoms with Gasteiger partial charge < -0.3 is 20.8 Å². The normalized spacial score (nSPS) is 14.6. The minimum Gasteiger partial charge on any atom is -0.409 e. The van der Waals surface area contributed by atoms with Crippen LogP contribution in [0.3, 0.4) is 0 Å². The van der Waals surface area contributed by atoms with Gasteiger partial charge in [-0.05, 0) is 26.3 Å². The standard InChI is InChI=1S/C12H24N6O/c1-9(10-16-15-8-18(10)4)14-7-5-6-12(2,3)11(13)17-19/h8-9,14,19H,5-7H2,1-4H3,(H2,13,17). The molecule has 7 nitrogen and oxygen atoms in total. The van der Waals surface area contributed by atoms with Crippen molar-refractivity contribution >= 4 is 5.84 Å². The van der Waals surface area contributed by atoms with Gasteiger partial charge in [0.05, 0.1) is 6.04 Å². The van der Waals surface area contributed by atoms with Crippen molar-refractivity contribution in [2.75, 3.05) is 6.54 Å². The zero-order valence-electron chi connectivity index (χ0n) is 12.1. The lowest BCUT2D eigenvalue weighted by molar-refractivity contribution is 0.304. The molecule has 0 aromatic carbocycles. The van der Waals surface area contributed by atoms with Crippen LogP contribution in [0.2, 0.25) is 0 Å². The molecule has 0 aliphatic carbocycles. The molecule has 0 aliphatic heterocycles. The van der Waals surface area contributed by atoms with Gasteiger partial charge in [-0.1, -0.05) is 19.0 Å². The number of hydrogen-bond donors (Lipinski definition) is 3. The summed E-state index contributed by atoms with van der Waals surface area (Å²) in [5.74, 6) is 1.18. The maximum absolute atomic E-state index is 8.70. The maximum Gasteiger partial charge on any atom is 0.149 e. The number of oxime groups is 1. The molecule has 0 bridgehead atoms. The van der Waals surface area contributed by atoms with Crippen molar-refractivity contribution in [3.8, 4) is 0 Å². The Bertz CT molecular complexity index is 426. The number of nitrogens with zero attached hydrogens (tertiary/aromatic N) is 4. The van der Waals surface area contributed by atoms with Gasteiger partial charge in [-0.25, -0.2) is 0 Å². The summed E-state index contributed by atoms with van der Waals surface area (Å²) in [4.78, 5) is 0. The molecule has 0 spiro atoms. The van der Waals surface area contributed by atoms with Crippen LogP contribution in [0.5, 0.6) is 0 Å². The number of rotatable bonds is 7. The van der Waals surface area contributed by atoms with E-state index in [0.29, 0.717) is 0 Å². The second kappa shape index (κ2) is 6.51. The van der Waals surface area contributed by atoms with Gasteiger partial charge in [-0.3, -0.25) is 0 Å². The summed E-state index contributed by atoms with van der Waals surface area (Å²) in [5.41, 5.74) is 5.36. The molecule has 1 heterocycles. The van der Waals surface area contributed by atoms with Gasteiger partial charge in [0.25, 0.3) is 0 Å². The molecule has 1 rings (SSSR count). The molecule has 108 valence electrons. The Morgan fingerprint density at radius 2 is 2.32 bits per heavy atom. The van der Waals surface area contributed by atoms with Crippen LogP contribution in [-0.4, -0.2) is 32.4 Å². The third-order valence-electron chi connectivity index (χ3n) is 3.36. The van der Waals surface area contributed by atoms with Crippen molar-refractivity contribution in [3.05, 3.63) is 12.2 Å². The minimum absolute atomic E-state index is 0.152. The second-order valence-corrected chi connectivity index (χ2v) is 5.45. The van der Waals surface area contributed by atoms with E-state index in [2.05, 4.69) is 27.6 Å². The SMILES string of the molecule is CC(NCCCC(C)(C)C(N)=NO)c1nncn1C. The zero-order chi connectivity index (χ0) is 14.5. The lowest BCUT2D eigenvalue weighted by atomic mass is 9.86. The number of aryl methyl sites for hydroxylation is 1. The highest BCUT2D eigenvalue weighted by atomic mass is 16.4. The number of aromatic nitrogens is 3. The van der Waals surface area contributed by atoms with Crippen molar-refractivity contribution < 1.29 is 5.21 Å². The van der Waals surface area contributed by atoms with Crippen LogP contribution in [0.25, 0.3) is 0 Å². The van der Waals surface area contributed by atoms with Gasteiger partial charge in [-0.2, -0.15) is 0 Å². The Morgan fingerprint density at radius 1 is 1.63 bits per heavy atom. The number of nitrogens with one attached hydrogen (secondary N) is 1. The highest BCUT2D eigenvalue weighted by Crippen LogP contribution is 2.22. The Kier molecular flexibility index (Phi) is 5.29. The van der Waals surface area contributed by atoms with Gasteiger partial charge in [0, 0.05) is 12.5 Å². The van der Waals surface area contributed by atoms with Gasteiger partial charge in [0.1, 0.15) is 18.0 Å². The molecule has 0 radical (unpaired) electrons. The van der Waals surface area contributed by atoms with Crippen LogP contribution in [0.1, 0.15) is 45.5 Å². The third kappa shape index (κ3) is 4.20. The molecular weight excluding hydrogens is 244 g/mol. The smallest absolute Gasteiger partial charge is 0.149 e. The summed E-state index contributed by atoms with van der Waals surface area (Å²) in [6.07, 6.45) is 3.47. The number of hydrogen-bond acceptors (Lipinski definition) is 5. The average Bonchev–Trinajstić information content (AvgIpc) is 2.79. The van der Waals surface area contributed by atoms with Crippen LogP contribution in [-0.2, 0) is 7.05 Å².